The van der Waals surface area contributed by atoms with E-state index in [0.717, 1.165) is 12.7 Å². The summed E-state index contributed by atoms with van der Waals surface area (Å²) in [6.45, 7) is 2.29. The first-order valence-electron chi connectivity index (χ1n) is 8.29. The van der Waals surface area contributed by atoms with Gasteiger partial charge in [-0.1, -0.05) is 31.2 Å². The number of esters is 1. The molecule has 26 heavy (non-hydrogen) atoms. The molecule has 1 heterocycles. The molecule has 0 spiro atoms. The summed E-state index contributed by atoms with van der Waals surface area (Å²) < 4.78 is 42.0. The number of hydrogen-bond acceptors (Lipinski definition) is 4. The first-order valence-corrected chi connectivity index (χ1v) is 10.2. The van der Waals surface area contributed by atoms with E-state index >= 15 is 0 Å². The Morgan fingerprint density at radius 1 is 1.08 bits per heavy atom. The molecule has 0 aromatic heterocycles. The Morgan fingerprint density at radius 2 is 1.62 bits per heavy atom. The summed E-state index contributed by atoms with van der Waals surface area (Å²) >= 11 is 0. The Kier molecular flexibility index (Phi) is 4.96. The lowest BCUT2D eigenvalue weighted by Gasteiger charge is -2.15. The van der Waals surface area contributed by atoms with Crippen LogP contribution in [0.2, 0.25) is 0 Å². The molecule has 1 aliphatic rings. The SMILES string of the molecule is CCC1COC(=O)C1=C(c1ccc(F)cc1)c1ccc(S(C)(=O)=O)cc1. The highest BCUT2D eigenvalue weighted by molar-refractivity contribution is 7.90. The second-order valence-corrected chi connectivity index (χ2v) is 8.31. The molecule has 0 N–H and O–H groups in total. The van der Waals surface area contributed by atoms with Gasteiger partial charge in [0.1, 0.15) is 5.82 Å². The second-order valence-electron chi connectivity index (χ2n) is 6.30. The Morgan fingerprint density at radius 3 is 2.12 bits per heavy atom. The van der Waals surface area contributed by atoms with Crippen LogP contribution in [0.4, 0.5) is 4.39 Å². The van der Waals surface area contributed by atoms with Gasteiger partial charge >= 0.3 is 5.97 Å². The van der Waals surface area contributed by atoms with Gasteiger partial charge in [0.25, 0.3) is 0 Å². The monoisotopic (exact) mass is 374 g/mol. The van der Waals surface area contributed by atoms with Crippen molar-refractivity contribution in [2.24, 2.45) is 5.92 Å². The molecular formula is C20H19FO4S. The number of sulfone groups is 1. The number of hydrogen-bond donors (Lipinski definition) is 0. The summed E-state index contributed by atoms with van der Waals surface area (Å²) in [5.41, 5.74) is 2.58. The van der Waals surface area contributed by atoms with E-state index in [9.17, 15) is 17.6 Å². The van der Waals surface area contributed by atoms with E-state index in [-0.39, 0.29) is 22.6 Å². The second kappa shape index (κ2) is 7.03. The van der Waals surface area contributed by atoms with E-state index in [1.165, 1.54) is 24.3 Å². The van der Waals surface area contributed by atoms with Crippen LogP contribution in [0.25, 0.3) is 5.57 Å². The molecule has 1 aliphatic heterocycles. The molecule has 2 aromatic carbocycles. The van der Waals surface area contributed by atoms with Crippen LogP contribution in [-0.2, 0) is 19.4 Å². The molecule has 0 saturated carbocycles. The van der Waals surface area contributed by atoms with E-state index in [0.29, 0.717) is 28.9 Å². The zero-order valence-electron chi connectivity index (χ0n) is 14.5. The Hall–Kier alpha value is -2.47. The van der Waals surface area contributed by atoms with E-state index in [1.807, 2.05) is 6.92 Å². The molecule has 1 unspecified atom stereocenters. The van der Waals surface area contributed by atoms with Crippen molar-refractivity contribution in [3.63, 3.8) is 0 Å². The normalized spacial score (nSPS) is 19.3. The zero-order chi connectivity index (χ0) is 18.9. The van der Waals surface area contributed by atoms with Gasteiger partial charge in [-0.15, -0.1) is 0 Å². The number of benzene rings is 2. The van der Waals surface area contributed by atoms with Crippen molar-refractivity contribution in [3.05, 3.63) is 71.0 Å². The van der Waals surface area contributed by atoms with Gasteiger partial charge in [-0.2, -0.15) is 0 Å². The van der Waals surface area contributed by atoms with Crippen LogP contribution in [0.3, 0.4) is 0 Å². The maximum Gasteiger partial charge on any atom is 0.335 e. The van der Waals surface area contributed by atoms with Gasteiger partial charge in [-0.25, -0.2) is 17.6 Å². The van der Waals surface area contributed by atoms with Crippen LogP contribution < -0.4 is 0 Å². The topological polar surface area (TPSA) is 60.4 Å². The van der Waals surface area contributed by atoms with Crippen LogP contribution in [0.5, 0.6) is 0 Å². The lowest BCUT2D eigenvalue weighted by atomic mass is 9.87. The zero-order valence-corrected chi connectivity index (χ0v) is 15.3. The highest BCUT2D eigenvalue weighted by Crippen LogP contribution is 2.36. The maximum absolute atomic E-state index is 13.4. The van der Waals surface area contributed by atoms with Crippen molar-refractivity contribution in [1.29, 1.82) is 0 Å². The standard InChI is InChI=1S/C20H19FO4S/c1-3-13-12-25-20(22)19(13)18(14-4-8-16(21)9-5-14)15-6-10-17(11-7-15)26(2,23)24/h4-11,13H,3,12H2,1-2H3. The number of ether oxygens (including phenoxy) is 1. The molecule has 4 nitrogen and oxygen atoms in total. The van der Waals surface area contributed by atoms with Crippen LogP contribution in [0.1, 0.15) is 24.5 Å². The minimum atomic E-state index is -3.32. The predicted molar refractivity (Wildman–Crippen MR) is 96.7 cm³/mol. The molecule has 6 heteroatoms. The van der Waals surface area contributed by atoms with Crippen molar-refractivity contribution in [2.75, 3.05) is 12.9 Å². The van der Waals surface area contributed by atoms with E-state index < -0.39 is 9.84 Å². The molecule has 0 bridgehead atoms. The molecule has 2 aromatic rings. The van der Waals surface area contributed by atoms with Crippen LogP contribution in [-0.4, -0.2) is 27.2 Å². The van der Waals surface area contributed by atoms with Crippen molar-refractivity contribution < 1.29 is 22.3 Å². The van der Waals surface area contributed by atoms with E-state index in [2.05, 4.69) is 0 Å². The number of halogens is 1. The lowest BCUT2D eigenvalue weighted by molar-refractivity contribution is -0.135. The summed E-state index contributed by atoms with van der Waals surface area (Å²) in [5, 5.41) is 0. The highest BCUT2D eigenvalue weighted by Gasteiger charge is 2.33. The molecule has 136 valence electrons. The van der Waals surface area contributed by atoms with Gasteiger partial charge in [0.05, 0.1) is 17.1 Å². The number of carbonyl (C=O) groups excluding carboxylic acids is 1. The van der Waals surface area contributed by atoms with Crippen LogP contribution >= 0.6 is 0 Å². The largest absolute Gasteiger partial charge is 0.462 e. The first-order chi connectivity index (χ1) is 12.3. The van der Waals surface area contributed by atoms with Gasteiger partial charge in [0.2, 0.25) is 0 Å². The van der Waals surface area contributed by atoms with E-state index in [1.54, 1.807) is 24.3 Å². The molecule has 1 atom stereocenters. The summed E-state index contributed by atoms with van der Waals surface area (Å²) in [4.78, 5) is 12.6. The average Bonchev–Trinajstić information content (AvgIpc) is 2.97. The molecular weight excluding hydrogens is 355 g/mol. The molecule has 0 amide bonds. The predicted octanol–water partition coefficient (Wildman–Crippen LogP) is 3.61. The van der Waals surface area contributed by atoms with Crippen molar-refractivity contribution in [3.8, 4) is 0 Å². The summed E-state index contributed by atoms with van der Waals surface area (Å²) in [7, 11) is -3.32. The number of rotatable bonds is 4. The Balaban J connectivity index is 2.22. The molecule has 3 rings (SSSR count). The number of cyclic esters (lactones) is 1. The maximum atomic E-state index is 13.4. The minimum absolute atomic E-state index is 0.0582. The van der Waals surface area contributed by atoms with Gasteiger partial charge in [0, 0.05) is 12.2 Å². The summed E-state index contributed by atoms with van der Waals surface area (Å²) in [6, 6.07) is 12.2. The molecule has 1 fully saturated rings. The third kappa shape index (κ3) is 3.55. The molecule has 0 aliphatic carbocycles. The highest BCUT2D eigenvalue weighted by atomic mass is 32.2. The van der Waals surface area contributed by atoms with Crippen molar-refractivity contribution >= 4 is 21.4 Å². The van der Waals surface area contributed by atoms with Crippen LogP contribution in [0.15, 0.2) is 59.0 Å². The molecule has 0 radical (unpaired) electrons. The quantitative estimate of drug-likeness (QED) is 0.606. The fourth-order valence-electron chi connectivity index (χ4n) is 3.10. The fraction of sp³-hybridized carbons (Fsp3) is 0.250. The van der Waals surface area contributed by atoms with Gasteiger partial charge in [-0.3, -0.25) is 0 Å². The first kappa shape index (κ1) is 18.3. The third-order valence-corrected chi connectivity index (χ3v) is 5.64. The smallest absolute Gasteiger partial charge is 0.335 e. The lowest BCUT2D eigenvalue weighted by Crippen LogP contribution is -2.07. The third-order valence-electron chi connectivity index (χ3n) is 4.51. The van der Waals surface area contributed by atoms with Gasteiger partial charge in [-0.05, 0) is 47.4 Å². The van der Waals surface area contributed by atoms with Crippen molar-refractivity contribution in [1.82, 2.24) is 0 Å². The number of carbonyl (C=O) groups is 1. The summed E-state index contributed by atoms with van der Waals surface area (Å²) in [6.07, 6.45) is 1.87. The van der Waals surface area contributed by atoms with Gasteiger partial charge in [0.15, 0.2) is 9.84 Å². The minimum Gasteiger partial charge on any atom is -0.462 e. The van der Waals surface area contributed by atoms with Gasteiger partial charge < -0.3 is 4.74 Å². The Labute approximate surface area is 152 Å². The average molecular weight is 374 g/mol. The fourth-order valence-corrected chi connectivity index (χ4v) is 3.73. The summed E-state index contributed by atoms with van der Waals surface area (Å²) in [5.74, 6) is -0.813. The Bertz CT molecular complexity index is 958. The molecule has 1 saturated heterocycles. The van der Waals surface area contributed by atoms with Crippen LogP contribution in [0, 0.1) is 11.7 Å². The van der Waals surface area contributed by atoms with E-state index in [4.69, 9.17) is 4.74 Å². The van der Waals surface area contributed by atoms with Crippen molar-refractivity contribution in [2.45, 2.75) is 18.2 Å².